The first-order chi connectivity index (χ1) is 9.88. The third kappa shape index (κ3) is 4.71. The lowest BCUT2D eigenvalue weighted by Gasteiger charge is -2.19. The number of esters is 1. The number of nitrogens with zero attached hydrogens (tertiary/aromatic N) is 1. The van der Waals surface area contributed by atoms with E-state index in [1.807, 2.05) is 13.8 Å². The van der Waals surface area contributed by atoms with E-state index in [0.29, 0.717) is 12.3 Å². The normalized spacial score (nSPS) is 12.0. The maximum absolute atomic E-state index is 11.5. The number of carbonyl (C=O) groups is 1. The fraction of sp³-hybridized carbons (Fsp3) is 0.500. The number of nitrogens with one attached hydrogen (secondary N) is 1. The summed E-state index contributed by atoms with van der Waals surface area (Å²) in [5, 5.41) is 23.3. The van der Waals surface area contributed by atoms with Crippen molar-refractivity contribution in [3.63, 3.8) is 0 Å². The molecule has 1 rings (SSSR count). The number of nitro benzene ring substituents is 1. The van der Waals surface area contributed by atoms with Crippen molar-refractivity contribution in [1.82, 2.24) is 0 Å². The standard InChI is InChI=1S/C14H20N2O5/c1-9(2)6-11(8-17)15-12-7-10(14(18)21-3)4-5-13(12)16(19)20/h4-5,7,9,11,15,17H,6,8H2,1-3H3. The van der Waals surface area contributed by atoms with E-state index in [4.69, 9.17) is 0 Å². The summed E-state index contributed by atoms with van der Waals surface area (Å²) in [5.74, 6) is -0.255. The van der Waals surface area contributed by atoms with Gasteiger partial charge in [0.05, 0.1) is 24.2 Å². The summed E-state index contributed by atoms with van der Waals surface area (Å²) < 4.78 is 4.60. The van der Waals surface area contributed by atoms with Gasteiger partial charge in [-0.2, -0.15) is 0 Å². The van der Waals surface area contributed by atoms with Gasteiger partial charge in [0.25, 0.3) is 5.69 Å². The SMILES string of the molecule is COC(=O)c1ccc([N+](=O)[O-])c(NC(CO)CC(C)C)c1. The largest absolute Gasteiger partial charge is 0.465 e. The number of rotatable bonds is 7. The zero-order valence-electron chi connectivity index (χ0n) is 12.3. The molecule has 0 aliphatic rings. The van der Waals surface area contributed by atoms with Crippen molar-refractivity contribution in [2.75, 3.05) is 19.0 Å². The monoisotopic (exact) mass is 296 g/mol. The summed E-state index contributed by atoms with van der Waals surface area (Å²) in [7, 11) is 1.24. The van der Waals surface area contributed by atoms with Crippen LogP contribution in [-0.2, 0) is 4.74 Å². The summed E-state index contributed by atoms with van der Waals surface area (Å²) in [6.07, 6.45) is 0.649. The summed E-state index contributed by atoms with van der Waals surface area (Å²) in [4.78, 5) is 22.0. The zero-order chi connectivity index (χ0) is 16.0. The number of methoxy groups -OCH3 is 1. The van der Waals surface area contributed by atoms with Crippen LogP contribution in [-0.4, -0.2) is 35.8 Å². The molecular formula is C14H20N2O5. The second-order valence-corrected chi connectivity index (χ2v) is 5.13. The Morgan fingerprint density at radius 2 is 2.14 bits per heavy atom. The van der Waals surface area contributed by atoms with E-state index in [0.717, 1.165) is 0 Å². The molecule has 0 fully saturated rings. The van der Waals surface area contributed by atoms with Gasteiger partial charge in [-0.15, -0.1) is 0 Å². The van der Waals surface area contributed by atoms with Gasteiger partial charge in [-0.3, -0.25) is 10.1 Å². The summed E-state index contributed by atoms with van der Waals surface area (Å²) >= 11 is 0. The third-order valence-corrected chi connectivity index (χ3v) is 2.95. The maximum atomic E-state index is 11.5. The van der Waals surface area contributed by atoms with Crippen LogP contribution >= 0.6 is 0 Å². The van der Waals surface area contributed by atoms with Crippen LogP contribution in [0.5, 0.6) is 0 Å². The Labute approximate surface area is 123 Å². The van der Waals surface area contributed by atoms with Crippen LogP contribution in [0.2, 0.25) is 0 Å². The van der Waals surface area contributed by atoms with Crippen LogP contribution in [0.25, 0.3) is 0 Å². The Hall–Kier alpha value is -2.15. The van der Waals surface area contributed by atoms with Crippen molar-refractivity contribution in [3.8, 4) is 0 Å². The number of anilines is 1. The molecule has 0 bridgehead atoms. The first kappa shape index (κ1) is 16.9. The molecule has 0 aliphatic carbocycles. The predicted octanol–water partition coefficient (Wildman–Crippen LogP) is 2.20. The van der Waals surface area contributed by atoms with E-state index in [-0.39, 0.29) is 29.6 Å². The van der Waals surface area contributed by atoms with Crippen molar-refractivity contribution in [1.29, 1.82) is 0 Å². The Bertz CT molecular complexity index is 516. The minimum atomic E-state index is -0.572. The number of benzene rings is 1. The molecule has 0 aromatic heterocycles. The molecule has 1 aromatic rings. The molecule has 1 unspecified atom stereocenters. The van der Waals surface area contributed by atoms with E-state index >= 15 is 0 Å². The fourth-order valence-corrected chi connectivity index (χ4v) is 2.02. The van der Waals surface area contributed by atoms with Crippen molar-refractivity contribution >= 4 is 17.3 Å². The highest BCUT2D eigenvalue weighted by Gasteiger charge is 2.20. The summed E-state index contributed by atoms with van der Waals surface area (Å²) in [6.45, 7) is 3.82. The number of hydrogen-bond acceptors (Lipinski definition) is 6. The quantitative estimate of drug-likeness (QED) is 0.454. The molecule has 7 nitrogen and oxygen atoms in total. The molecule has 0 saturated carbocycles. The Morgan fingerprint density at radius 3 is 2.62 bits per heavy atom. The van der Waals surface area contributed by atoms with E-state index in [1.54, 1.807) is 0 Å². The number of ether oxygens (including phenoxy) is 1. The summed E-state index contributed by atoms with van der Waals surface area (Å²) in [6, 6.07) is 3.63. The van der Waals surface area contributed by atoms with Crippen LogP contribution < -0.4 is 5.32 Å². The van der Waals surface area contributed by atoms with E-state index < -0.39 is 10.9 Å². The molecule has 21 heavy (non-hydrogen) atoms. The average molecular weight is 296 g/mol. The minimum absolute atomic E-state index is 0.148. The fourth-order valence-electron chi connectivity index (χ4n) is 2.02. The molecule has 7 heteroatoms. The number of nitro groups is 1. The van der Waals surface area contributed by atoms with Crippen molar-refractivity contribution < 1.29 is 19.6 Å². The van der Waals surface area contributed by atoms with Crippen LogP contribution in [0.15, 0.2) is 18.2 Å². The van der Waals surface area contributed by atoms with Crippen LogP contribution in [0, 0.1) is 16.0 Å². The van der Waals surface area contributed by atoms with Gasteiger partial charge in [0, 0.05) is 12.1 Å². The highest BCUT2D eigenvalue weighted by atomic mass is 16.6. The van der Waals surface area contributed by atoms with Crippen LogP contribution in [0.4, 0.5) is 11.4 Å². The van der Waals surface area contributed by atoms with Gasteiger partial charge in [-0.1, -0.05) is 13.8 Å². The lowest BCUT2D eigenvalue weighted by Crippen LogP contribution is -2.26. The molecule has 0 amide bonds. The van der Waals surface area contributed by atoms with Crippen molar-refractivity contribution in [2.45, 2.75) is 26.3 Å². The van der Waals surface area contributed by atoms with Crippen LogP contribution in [0.3, 0.4) is 0 Å². The second-order valence-electron chi connectivity index (χ2n) is 5.13. The van der Waals surface area contributed by atoms with Crippen LogP contribution in [0.1, 0.15) is 30.6 Å². The zero-order valence-corrected chi connectivity index (χ0v) is 12.3. The third-order valence-electron chi connectivity index (χ3n) is 2.95. The highest BCUT2D eigenvalue weighted by Crippen LogP contribution is 2.27. The molecule has 0 aliphatic heterocycles. The van der Waals surface area contributed by atoms with Gasteiger partial charge < -0.3 is 15.2 Å². The van der Waals surface area contributed by atoms with Crippen molar-refractivity contribution in [2.24, 2.45) is 5.92 Å². The van der Waals surface area contributed by atoms with Crippen molar-refractivity contribution in [3.05, 3.63) is 33.9 Å². The molecule has 0 radical (unpaired) electrons. The number of aliphatic hydroxyl groups excluding tert-OH is 1. The molecule has 2 N–H and O–H groups in total. The number of hydrogen-bond donors (Lipinski definition) is 2. The molecule has 0 spiro atoms. The molecule has 0 saturated heterocycles. The first-order valence-corrected chi connectivity index (χ1v) is 6.63. The topological polar surface area (TPSA) is 102 Å². The second kappa shape index (κ2) is 7.58. The summed E-state index contributed by atoms with van der Waals surface area (Å²) in [5.41, 5.74) is 0.263. The molecule has 1 atom stereocenters. The maximum Gasteiger partial charge on any atom is 0.337 e. The Kier molecular flexibility index (Phi) is 6.10. The minimum Gasteiger partial charge on any atom is -0.465 e. The van der Waals surface area contributed by atoms with Gasteiger partial charge in [-0.25, -0.2) is 4.79 Å². The number of carbonyl (C=O) groups excluding carboxylic acids is 1. The van der Waals surface area contributed by atoms with Gasteiger partial charge in [-0.05, 0) is 24.5 Å². The highest BCUT2D eigenvalue weighted by molar-refractivity contribution is 5.91. The van der Waals surface area contributed by atoms with Gasteiger partial charge in [0.15, 0.2) is 0 Å². The Morgan fingerprint density at radius 1 is 1.48 bits per heavy atom. The van der Waals surface area contributed by atoms with E-state index in [1.165, 1.54) is 25.3 Å². The lowest BCUT2D eigenvalue weighted by molar-refractivity contribution is -0.384. The van der Waals surface area contributed by atoms with E-state index in [2.05, 4.69) is 10.1 Å². The van der Waals surface area contributed by atoms with Gasteiger partial charge >= 0.3 is 5.97 Å². The lowest BCUT2D eigenvalue weighted by atomic mass is 10.0. The molecular weight excluding hydrogens is 276 g/mol. The first-order valence-electron chi connectivity index (χ1n) is 6.63. The van der Waals surface area contributed by atoms with Gasteiger partial charge in [0.1, 0.15) is 5.69 Å². The average Bonchev–Trinajstić information content (AvgIpc) is 2.44. The Balaban J connectivity index is 3.10. The smallest absolute Gasteiger partial charge is 0.337 e. The number of aliphatic hydroxyl groups is 1. The van der Waals surface area contributed by atoms with Gasteiger partial charge in [0.2, 0.25) is 0 Å². The predicted molar refractivity (Wildman–Crippen MR) is 78.4 cm³/mol. The van der Waals surface area contributed by atoms with E-state index in [9.17, 15) is 20.0 Å². The molecule has 116 valence electrons. The molecule has 0 heterocycles. The molecule has 1 aromatic carbocycles.